The number of benzene rings is 1. The first-order valence-corrected chi connectivity index (χ1v) is 5.50. The molecule has 0 radical (unpaired) electrons. The molecule has 0 unspecified atom stereocenters. The van der Waals surface area contributed by atoms with Gasteiger partial charge in [0.1, 0.15) is 5.75 Å². The Morgan fingerprint density at radius 1 is 1.50 bits per heavy atom. The van der Waals surface area contributed by atoms with Crippen molar-refractivity contribution in [1.29, 1.82) is 0 Å². The molecule has 0 atom stereocenters. The van der Waals surface area contributed by atoms with Crippen LogP contribution >= 0.6 is 0 Å². The van der Waals surface area contributed by atoms with Crippen LogP contribution in [0.5, 0.6) is 5.75 Å². The van der Waals surface area contributed by atoms with Crippen LogP contribution in [0.3, 0.4) is 0 Å². The van der Waals surface area contributed by atoms with E-state index in [2.05, 4.69) is 10.4 Å². The lowest BCUT2D eigenvalue weighted by Gasteiger charge is -2.05. The van der Waals surface area contributed by atoms with Gasteiger partial charge in [-0.25, -0.2) is 0 Å². The van der Waals surface area contributed by atoms with Crippen LogP contribution in [0.15, 0.2) is 36.7 Å². The Hall–Kier alpha value is -2.50. The second kappa shape index (κ2) is 5.22. The molecule has 0 saturated heterocycles. The molecule has 6 nitrogen and oxygen atoms in total. The van der Waals surface area contributed by atoms with Crippen LogP contribution in [-0.2, 0) is 6.54 Å². The molecular formula is C12H14N4O2. The molecule has 0 aliphatic carbocycles. The normalized spacial score (nSPS) is 10.2. The zero-order chi connectivity index (χ0) is 13.0. The largest absolute Gasteiger partial charge is 0.508 e. The summed E-state index contributed by atoms with van der Waals surface area (Å²) in [6.45, 7) is 0.983. The fourth-order valence-corrected chi connectivity index (χ4v) is 1.54. The van der Waals surface area contributed by atoms with Crippen molar-refractivity contribution in [2.24, 2.45) is 0 Å². The molecule has 94 valence electrons. The van der Waals surface area contributed by atoms with E-state index in [9.17, 15) is 9.90 Å². The Balaban J connectivity index is 1.85. The first-order valence-electron chi connectivity index (χ1n) is 5.50. The summed E-state index contributed by atoms with van der Waals surface area (Å²) in [4.78, 5) is 11.7. The molecule has 0 aliphatic rings. The fourth-order valence-electron chi connectivity index (χ4n) is 1.54. The predicted molar refractivity (Wildman–Crippen MR) is 67.1 cm³/mol. The quantitative estimate of drug-likeness (QED) is 0.736. The van der Waals surface area contributed by atoms with E-state index in [1.165, 1.54) is 12.1 Å². The van der Waals surface area contributed by atoms with Gasteiger partial charge < -0.3 is 16.2 Å². The number of aromatic nitrogens is 2. The van der Waals surface area contributed by atoms with Crippen LogP contribution in [0.4, 0.5) is 5.69 Å². The average Bonchev–Trinajstić information content (AvgIpc) is 2.75. The maximum Gasteiger partial charge on any atom is 0.251 e. The van der Waals surface area contributed by atoms with Crippen LogP contribution in [0.1, 0.15) is 10.4 Å². The minimum absolute atomic E-state index is 0.0718. The van der Waals surface area contributed by atoms with E-state index in [0.717, 1.165) is 0 Å². The number of phenolic OH excluding ortho intramolecular Hbond substituents is 1. The molecule has 4 N–H and O–H groups in total. The van der Waals surface area contributed by atoms with Gasteiger partial charge in [-0.1, -0.05) is 6.07 Å². The predicted octanol–water partition coefficient (Wildman–Crippen LogP) is 0.601. The summed E-state index contributed by atoms with van der Waals surface area (Å²) in [6, 6.07) is 6.20. The number of nitrogens with one attached hydrogen (secondary N) is 1. The van der Waals surface area contributed by atoms with Crippen molar-refractivity contribution in [3.8, 4) is 5.75 Å². The summed E-state index contributed by atoms with van der Waals surface area (Å²) in [6.07, 6.45) is 3.25. The van der Waals surface area contributed by atoms with E-state index in [4.69, 9.17) is 5.73 Å². The van der Waals surface area contributed by atoms with Gasteiger partial charge in [-0.15, -0.1) is 0 Å². The number of nitrogens with two attached hydrogens (primary N) is 1. The minimum Gasteiger partial charge on any atom is -0.508 e. The molecule has 0 aliphatic heterocycles. The molecule has 0 saturated carbocycles. The van der Waals surface area contributed by atoms with Crippen molar-refractivity contribution >= 4 is 11.6 Å². The zero-order valence-electron chi connectivity index (χ0n) is 9.71. The number of amides is 1. The number of hydrogen-bond acceptors (Lipinski definition) is 4. The lowest BCUT2D eigenvalue weighted by Crippen LogP contribution is -2.27. The standard InChI is InChI=1S/C12H14N4O2/c13-10-7-15-16(8-10)5-4-14-12(18)9-2-1-3-11(17)6-9/h1-3,6-8,17H,4-5,13H2,(H,14,18). The fraction of sp³-hybridized carbons (Fsp3) is 0.167. The molecule has 1 amide bonds. The number of rotatable bonds is 4. The number of anilines is 1. The van der Waals surface area contributed by atoms with Gasteiger partial charge in [0.05, 0.1) is 18.4 Å². The van der Waals surface area contributed by atoms with E-state index >= 15 is 0 Å². The van der Waals surface area contributed by atoms with Crippen molar-refractivity contribution < 1.29 is 9.90 Å². The maximum atomic E-state index is 11.7. The first-order chi connectivity index (χ1) is 8.65. The van der Waals surface area contributed by atoms with Crippen molar-refractivity contribution in [3.05, 3.63) is 42.2 Å². The summed E-state index contributed by atoms with van der Waals surface area (Å²) < 4.78 is 1.65. The lowest BCUT2D eigenvalue weighted by molar-refractivity contribution is 0.0951. The van der Waals surface area contributed by atoms with Crippen LogP contribution in [0, 0.1) is 0 Å². The van der Waals surface area contributed by atoms with Crippen LogP contribution in [0.2, 0.25) is 0 Å². The highest BCUT2D eigenvalue weighted by atomic mass is 16.3. The Morgan fingerprint density at radius 2 is 2.33 bits per heavy atom. The molecule has 1 aromatic heterocycles. The second-order valence-corrected chi connectivity index (χ2v) is 3.84. The third-order valence-electron chi connectivity index (χ3n) is 2.39. The highest BCUT2D eigenvalue weighted by Gasteiger charge is 2.05. The monoisotopic (exact) mass is 246 g/mol. The van der Waals surface area contributed by atoms with E-state index < -0.39 is 0 Å². The number of carbonyl (C=O) groups is 1. The highest BCUT2D eigenvalue weighted by Crippen LogP contribution is 2.10. The summed E-state index contributed by atoms with van der Waals surface area (Å²) in [5, 5.41) is 16.0. The molecule has 0 bridgehead atoms. The molecule has 18 heavy (non-hydrogen) atoms. The van der Waals surface area contributed by atoms with Gasteiger partial charge in [-0.3, -0.25) is 9.48 Å². The topological polar surface area (TPSA) is 93.2 Å². The van der Waals surface area contributed by atoms with Crippen molar-refractivity contribution in [2.75, 3.05) is 12.3 Å². The third kappa shape index (κ3) is 3.00. The van der Waals surface area contributed by atoms with E-state index in [1.807, 2.05) is 0 Å². The van der Waals surface area contributed by atoms with Gasteiger partial charge in [-0.2, -0.15) is 5.10 Å². The Bertz CT molecular complexity index is 551. The van der Waals surface area contributed by atoms with Gasteiger partial charge in [-0.05, 0) is 18.2 Å². The molecule has 2 aromatic rings. The lowest BCUT2D eigenvalue weighted by atomic mass is 10.2. The minimum atomic E-state index is -0.231. The summed E-state index contributed by atoms with van der Waals surface area (Å²) in [5.41, 5.74) is 6.54. The maximum absolute atomic E-state index is 11.7. The number of carbonyl (C=O) groups excluding carboxylic acids is 1. The van der Waals surface area contributed by atoms with Gasteiger partial charge in [0.25, 0.3) is 5.91 Å². The van der Waals surface area contributed by atoms with Crippen LogP contribution in [0.25, 0.3) is 0 Å². The van der Waals surface area contributed by atoms with Gasteiger partial charge in [0.2, 0.25) is 0 Å². The molecule has 6 heteroatoms. The van der Waals surface area contributed by atoms with Gasteiger partial charge in [0.15, 0.2) is 0 Å². The summed E-state index contributed by atoms with van der Waals surface area (Å²) >= 11 is 0. The van der Waals surface area contributed by atoms with Gasteiger partial charge >= 0.3 is 0 Å². The highest BCUT2D eigenvalue weighted by molar-refractivity contribution is 5.94. The SMILES string of the molecule is Nc1cnn(CCNC(=O)c2cccc(O)c2)c1. The van der Waals surface area contributed by atoms with E-state index in [-0.39, 0.29) is 11.7 Å². The van der Waals surface area contributed by atoms with E-state index in [1.54, 1.807) is 29.2 Å². The molecule has 0 spiro atoms. The number of nitrogens with zero attached hydrogens (tertiary/aromatic N) is 2. The Kier molecular flexibility index (Phi) is 3.47. The first kappa shape index (κ1) is 12.0. The van der Waals surface area contributed by atoms with Crippen molar-refractivity contribution in [1.82, 2.24) is 15.1 Å². The second-order valence-electron chi connectivity index (χ2n) is 3.84. The number of nitrogen functional groups attached to an aromatic ring is 1. The van der Waals surface area contributed by atoms with Crippen LogP contribution in [-0.4, -0.2) is 27.3 Å². The van der Waals surface area contributed by atoms with Crippen molar-refractivity contribution in [2.45, 2.75) is 6.54 Å². The summed E-state index contributed by atoms with van der Waals surface area (Å²) in [7, 11) is 0. The molecule has 0 fully saturated rings. The summed E-state index contributed by atoms with van der Waals surface area (Å²) in [5.74, 6) is -0.159. The zero-order valence-corrected chi connectivity index (χ0v) is 9.71. The van der Waals surface area contributed by atoms with E-state index in [0.29, 0.717) is 24.3 Å². The number of aromatic hydroxyl groups is 1. The Morgan fingerprint density at radius 3 is 3.00 bits per heavy atom. The molecular weight excluding hydrogens is 232 g/mol. The smallest absolute Gasteiger partial charge is 0.251 e. The molecule has 1 heterocycles. The third-order valence-corrected chi connectivity index (χ3v) is 2.39. The number of hydrogen-bond donors (Lipinski definition) is 3. The molecule has 2 rings (SSSR count). The average molecular weight is 246 g/mol. The van der Waals surface area contributed by atoms with Gasteiger partial charge in [0, 0.05) is 18.3 Å². The molecule has 1 aromatic carbocycles. The number of phenols is 1. The Labute approximate surface area is 104 Å². The van der Waals surface area contributed by atoms with Crippen molar-refractivity contribution in [3.63, 3.8) is 0 Å². The van der Waals surface area contributed by atoms with Crippen LogP contribution < -0.4 is 11.1 Å².